The van der Waals surface area contributed by atoms with Crippen molar-refractivity contribution in [3.8, 4) is 0 Å². The number of nitrogens with zero attached hydrogens (tertiary/aromatic N) is 1. The molecule has 1 heterocycles. The van der Waals surface area contributed by atoms with Crippen LogP contribution in [0.3, 0.4) is 0 Å². The summed E-state index contributed by atoms with van der Waals surface area (Å²) < 4.78 is 17.2. The molecule has 0 aromatic carbocycles. The monoisotopic (exact) mass is 197 g/mol. The number of ketones is 1. The number of rotatable bonds is 3. The number of carbonyl (C=O) groups is 2. The number of hydrogen-bond donors (Lipinski definition) is 0. The summed E-state index contributed by atoms with van der Waals surface area (Å²) in [6.07, 6.45) is 0.790. The second-order valence-corrected chi connectivity index (χ2v) is 2.51. The van der Waals surface area contributed by atoms with Crippen LogP contribution in [-0.4, -0.2) is 23.8 Å². The van der Waals surface area contributed by atoms with E-state index in [0.717, 1.165) is 13.2 Å². The van der Waals surface area contributed by atoms with Gasteiger partial charge in [-0.3, -0.25) is 14.6 Å². The van der Waals surface area contributed by atoms with Crippen LogP contribution < -0.4 is 0 Å². The normalized spacial score (nSPS) is 9.57. The lowest BCUT2D eigenvalue weighted by Crippen LogP contribution is -2.12. The van der Waals surface area contributed by atoms with Crippen LogP contribution in [0.25, 0.3) is 0 Å². The van der Waals surface area contributed by atoms with E-state index >= 15 is 0 Å². The molecule has 74 valence electrons. The van der Waals surface area contributed by atoms with Crippen LogP contribution in [-0.2, 0) is 9.53 Å². The fourth-order valence-electron chi connectivity index (χ4n) is 0.878. The van der Waals surface area contributed by atoms with Crippen molar-refractivity contribution in [3.63, 3.8) is 0 Å². The Kier molecular flexibility index (Phi) is 3.28. The molecule has 0 aliphatic heterocycles. The zero-order valence-corrected chi connectivity index (χ0v) is 7.49. The molecule has 0 atom stereocenters. The Bertz CT molecular complexity index is 365. The number of ether oxygens (including phenoxy) is 1. The fourth-order valence-corrected chi connectivity index (χ4v) is 0.878. The van der Waals surface area contributed by atoms with Crippen LogP contribution in [0.5, 0.6) is 0 Å². The average molecular weight is 197 g/mol. The van der Waals surface area contributed by atoms with E-state index < -0.39 is 24.0 Å². The number of pyridine rings is 1. The second kappa shape index (κ2) is 4.45. The Morgan fingerprint density at radius 2 is 2.29 bits per heavy atom. The molecular formula is C9H8FNO3. The van der Waals surface area contributed by atoms with Gasteiger partial charge in [0.2, 0.25) is 0 Å². The van der Waals surface area contributed by atoms with Gasteiger partial charge < -0.3 is 4.74 Å². The number of aromatic nitrogens is 1. The van der Waals surface area contributed by atoms with Gasteiger partial charge >= 0.3 is 5.97 Å². The highest BCUT2D eigenvalue weighted by Crippen LogP contribution is 2.05. The second-order valence-electron chi connectivity index (χ2n) is 2.51. The highest BCUT2D eigenvalue weighted by molar-refractivity contribution is 6.04. The molecule has 5 heteroatoms. The number of halogens is 1. The lowest BCUT2D eigenvalue weighted by Gasteiger charge is -1.99. The first-order chi connectivity index (χ1) is 6.65. The molecule has 4 nitrogen and oxygen atoms in total. The lowest BCUT2D eigenvalue weighted by molar-refractivity contribution is -0.139. The van der Waals surface area contributed by atoms with Gasteiger partial charge in [-0.25, -0.2) is 4.39 Å². The molecule has 0 N–H and O–H groups in total. The molecule has 1 aromatic heterocycles. The maximum atomic E-state index is 13.0. The van der Waals surface area contributed by atoms with Crippen LogP contribution in [0.2, 0.25) is 0 Å². The highest BCUT2D eigenvalue weighted by Gasteiger charge is 2.16. The van der Waals surface area contributed by atoms with Crippen LogP contribution in [0, 0.1) is 5.82 Å². The summed E-state index contributed by atoms with van der Waals surface area (Å²) in [4.78, 5) is 25.5. The van der Waals surface area contributed by atoms with E-state index in [0.29, 0.717) is 0 Å². The van der Waals surface area contributed by atoms with Gasteiger partial charge in [0.05, 0.1) is 7.11 Å². The standard InChI is InChI=1S/C9H8FNO3/c1-14-8(13)5-7(12)9-6(10)3-2-4-11-9/h2-4H,5H2,1H3. The van der Waals surface area contributed by atoms with Crippen molar-refractivity contribution in [2.24, 2.45) is 0 Å². The zero-order chi connectivity index (χ0) is 10.6. The van der Waals surface area contributed by atoms with Crippen molar-refractivity contribution in [2.45, 2.75) is 6.42 Å². The zero-order valence-electron chi connectivity index (χ0n) is 7.49. The van der Waals surface area contributed by atoms with Crippen molar-refractivity contribution in [3.05, 3.63) is 29.8 Å². The van der Waals surface area contributed by atoms with E-state index in [-0.39, 0.29) is 5.69 Å². The molecule has 0 amide bonds. The van der Waals surface area contributed by atoms with Crippen molar-refractivity contribution in [1.82, 2.24) is 4.98 Å². The summed E-state index contributed by atoms with van der Waals surface area (Å²) in [6.45, 7) is 0. The number of carbonyl (C=O) groups excluding carboxylic acids is 2. The average Bonchev–Trinajstić information content (AvgIpc) is 2.18. The summed E-state index contributed by atoms with van der Waals surface area (Å²) in [6, 6.07) is 2.47. The van der Waals surface area contributed by atoms with E-state index in [2.05, 4.69) is 9.72 Å². The Morgan fingerprint density at radius 1 is 1.57 bits per heavy atom. The Hall–Kier alpha value is -1.78. The number of Topliss-reactive ketones (excluding diaryl/α,β-unsaturated/α-hetero) is 1. The minimum Gasteiger partial charge on any atom is -0.469 e. The van der Waals surface area contributed by atoms with E-state index in [9.17, 15) is 14.0 Å². The minimum atomic E-state index is -0.735. The van der Waals surface area contributed by atoms with Crippen molar-refractivity contribution < 1.29 is 18.7 Å². The molecule has 0 aliphatic rings. The molecular weight excluding hydrogens is 189 g/mol. The molecule has 0 aliphatic carbocycles. The molecule has 0 spiro atoms. The first-order valence-corrected chi connectivity index (χ1v) is 3.85. The number of methoxy groups -OCH3 is 1. The molecule has 0 fully saturated rings. The molecule has 0 radical (unpaired) electrons. The molecule has 0 saturated carbocycles. The molecule has 1 aromatic rings. The third kappa shape index (κ3) is 2.35. The predicted octanol–water partition coefficient (Wildman–Crippen LogP) is 0.966. The molecule has 0 saturated heterocycles. The van der Waals surface area contributed by atoms with Crippen LogP contribution in [0.4, 0.5) is 4.39 Å². The van der Waals surface area contributed by atoms with Crippen molar-refractivity contribution >= 4 is 11.8 Å². The quantitative estimate of drug-likeness (QED) is 0.411. The summed E-state index contributed by atoms with van der Waals surface area (Å²) in [5.74, 6) is -2.13. The van der Waals surface area contributed by atoms with Gasteiger partial charge in [-0.1, -0.05) is 0 Å². The fraction of sp³-hybridized carbons (Fsp3) is 0.222. The van der Waals surface area contributed by atoms with E-state index in [4.69, 9.17) is 0 Å². The van der Waals surface area contributed by atoms with E-state index in [1.807, 2.05) is 0 Å². The highest BCUT2D eigenvalue weighted by atomic mass is 19.1. The summed E-state index contributed by atoms with van der Waals surface area (Å²) in [5, 5.41) is 0. The van der Waals surface area contributed by atoms with Gasteiger partial charge in [-0.2, -0.15) is 0 Å². The lowest BCUT2D eigenvalue weighted by atomic mass is 10.2. The minimum absolute atomic E-state index is 0.335. The van der Waals surface area contributed by atoms with Crippen LogP contribution in [0.1, 0.15) is 16.9 Å². The summed E-state index contributed by atoms with van der Waals surface area (Å²) in [7, 11) is 1.16. The van der Waals surface area contributed by atoms with Gasteiger partial charge in [0.25, 0.3) is 0 Å². The van der Waals surface area contributed by atoms with Gasteiger partial charge in [-0.15, -0.1) is 0 Å². The first-order valence-electron chi connectivity index (χ1n) is 3.85. The molecule has 0 bridgehead atoms. The number of esters is 1. The van der Waals surface area contributed by atoms with Gasteiger partial charge in [0, 0.05) is 6.20 Å². The third-order valence-electron chi connectivity index (χ3n) is 1.56. The van der Waals surface area contributed by atoms with Gasteiger partial charge in [0.1, 0.15) is 12.1 Å². The van der Waals surface area contributed by atoms with Gasteiger partial charge in [0.15, 0.2) is 11.6 Å². The van der Waals surface area contributed by atoms with E-state index in [1.54, 1.807) is 0 Å². The van der Waals surface area contributed by atoms with Crippen molar-refractivity contribution in [1.29, 1.82) is 0 Å². The molecule has 1 rings (SSSR count). The number of hydrogen-bond acceptors (Lipinski definition) is 4. The SMILES string of the molecule is COC(=O)CC(=O)c1ncccc1F. The van der Waals surface area contributed by atoms with Crippen LogP contribution >= 0.6 is 0 Å². The maximum Gasteiger partial charge on any atom is 0.313 e. The Morgan fingerprint density at radius 3 is 2.86 bits per heavy atom. The first kappa shape index (κ1) is 10.3. The van der Waals surface area contributed by atoms with E-state index in [1.165, 1.54) is 12.3 Å². The summed E-state index contributed by atoms with van der Waals surface area (Å²) in [5.41, 5.74) is -0.335. The van der Waals surface area contributed by atoms with Gasteiger partial charge in [-0.05, 0) is 12.1 Å². The third-order valence-corrected chi connectivity index (χ3v) is 1.56. The Balaban J connectivity index is 2.80. The van der Waals surface area contributed by atoms with Crippen molar-refractivity contribution in [2.75, 3.05) is 7.11 Å². The molecule has 14 heavy (non-hydrogen) atoms. The molecule has 0 unspecified atom stereocenters. The largest absolute Gasteiger partial charge is 0.469 e. The summed E-state index contributed by atoms with van der Waals surface area (Å²) >= 11 is 0. The van der Waals surface area contributed by atoms with Crippen LogP contribution in [0.15, 0.2) is 18.3 Å². The smallest absolute Gasteiger partial charge is 0.313 e. The topological polar surface area (TPSA) is 56.3 Å². The Labute approximate surface area is 79.7 Å². The maximum absolute atomic E-state index is 13.0. The predicted molar refractivity (Wildman–Crippen MR) is 45.2 cm³/mol.